The van der Waals surface area contributed by atoms with Gasteiger partial charge in [0, 0.05) is 18.0 Å². The minimum atomic E-state index is -0.0930. The summed E-state index contributed by atoms with van der Waals surface area (Å²) >= 11 is 3.18. The number of nitrogens with one attached hydrogen (secondary N) is 1. The van der Waals surface area contributed by atoms with E-state index in [1.54, 1.807) is 11.3 Å². The van der Waals surface area contributed by atoms with Crippen LogP contribution in [-0.2, 0) is 6.54 Å². The number of benzene rings is 1. The fraction of sp³-hybridized carbons (Fsp3) is 0.368. The zero-order valence-electron chi connectivity index (χ0n) is 15.1. The van der Waals surface area contributed by atoms with Crippen LogP contribution in [0.3, 0.4) is 0 Å². The van der Waals surface area contributed by atoms with Crippen LogP contribution < -0.4 is 5.32 Å². The van der Waals surface area contributed by atoms with Gasteiger partial charge in [0.05, 0.1) is 16.8 Å². The molecule has 3 aromatic rings. The maximum Gasteiger partial charge on any atom is 0.324 e. The highest BCUT2D eigenvalue weighted by Crippen LogP contribution is 2.25. The van der Waals surface area contributed by atoms with E-state index in [0.717, 1.165) is 29.9 Å². The van der Waals surface area contributed by atoms with E-state index in [2.05, 4.69) is 35.1 Å². The minimum Gasteiger partial charge on any atom is -0.318 e. The smallest absolute Gasteiger partial charge is 0.318 e. The Morgan fingerprint density at radius 2 is 1.92 bits per heavy atom. The maximum atomic E-state index is 12.9. The molecule has 2 aromatic heterocycles. The summed E-state index contributed by atoms with van der Waals surface area (Å²) < 4.78 is 1.08. The van der Waals surface area contributed by atoms with Gasteiger partial charge in [-0.05, 0) is 36.7 Å². The number of carbonyl (C=O) groups is 1. The standard InChI is InChI=1S/C19H24N4OS2/c1-3-22(4-2)11-12-23(14-15-8-7-13-25-15)19(24)21-18-20-16-9-5-6-10-17(16)26-18/h5-10,13H,3-4,11-12,14H2,1-2H3,(H,20,21,24). The molecule has 1 aromatic carbocycles. The van der Waals surface area contributed by atoms with Crippen molar-refractivity contribution in [3.05, 3.63) is 46.7 Å². The van der Waals surface area contributed by atoms with Crippen LogP contribution in [0.4, 0.5) is 9.93 Å². The van der Waals surface area contributed by atoms with Crippen molar-refractivity contribution in [2.75, 3.05) is 31.5 Å². The second kappa shape index (κ2) is 9.12. The number of aromatic nitrogens is 1. The van der Waals surface area contributed by atoms with Gasteiger partial charge in [-0.15, -0.1) is 11.3 Å². The fourth-order valence-corrected chi connectivity index (χ4v) is 4.32. The van der Waals surface area contributed by atoms with E-state index in [4.69, 9.17) is 0 Å². The molecule has 0 saturated heterocycles. The number of nitrogens with zero attached hydrogens (tertiary/aromatic N) is 3. The Balaban J connectivity index is 1.70. The first-order valence-electron chi connectivity index (χ1n) is 8.85. The number of rotatable bonds is 8. The van der Waals surface area contributed by atoms with Gasteiger partial charge in [0.1, 0.15) is 0 Å². The molecule has 0 aliphatic carbocycles. The van der Waals surface area contributed by atoms with Gasteiger partial charge >= 0.3 is 6.03 Å². The first-order valence-corrected chi connectivity index (χ1v) is 10.6. The van der Waals surface area contributed by atoms with E-state index >= 15 is 0 Å². The SMILES string of the molecule is CCN(CC)CCN(Cc1cccs1)C(=O)Nc1nc2ccccc2s1. The van der Waals surface area contributed by atoms with E-state index in [-0.39, 0.29) is 6.03 Å². The molecule has 0 aliphatic rings. The van der Waals surface area contributed by atoms with Crippen LogP contribution in [0.1, 0.15) is 18.7 Å². The van der Waals surface area contributed by atoms with Gasteiger partial charge in [0.15, 0.2) is 5.13 Å². The average molecular weight is 389 g/mol. The molecule has 1 N–H and O–H groups in total. The van der Waals surface area contributed by atoms with Crippen molar-refractivity contribution in [1.29, 1.82) is 0 Å². The first kappa shape index (κ1) is 18.8. The molecule has 0 atom stereocenters. The van der Waals surface area contributed by atoms with Gasteiger partial charge in [-0.3, -0.25) is 5.32 Å². The van der Waals surface area contributed by atoms with Crippen molar-refractivity contribution < 1.29 is 4.79 Å². The van der Waals surface area contributed by atoms with Gasteiger partial charge in [-0.25, -0.2) is 9.78 Å². The molecule has 7 heteroatoms. The van der Waals surface area contributed by atoms with E-state index < -0.39 is 0 Å². The molecular weight excluding hydrogens is 364 g/mol. The first-order chi connectivity index (χ1) is 12.7. The lowest BCUT2D eigenvalue weighted by Crippen LogP contribution is -2.40. The lowest BCUT2D eigenvalue weighted by molar-refractivity contribution is 0.195. The number of hydrogen-bond acceptors (Lipinski definition) is 5. The third-order valence-electron chi connectivity index (χ3n) is 4.30. The van der Waals surface area contributed by atoms with Gasteiger partial charge in [0.25, 0.3) is 0 Å². The number of carbonyl (C=O) groups excluding carboxylic acids is 1. The largest absolute Gasteiger partial charge is 0.324 e. The second-order valence-corrected chi connectivity index (χ2v) is 8.01. The topological polar surface area (TPSA) is 48.5 Å². The predicted octanol–water partition coefficient (Wildman–Crippen LogP) is 4.73. The molecule has 5 nitrogen and oxygen atoms in total. The molecule has 0 saturated carbocycles. The molecule has 138 valence electrons. The Labute approximate surface area is 162 Å². The molecule has 0 spiro atoms. The second-order valence-electron chi connectivity index (χ2n) is 5.94. The van der Waals surface area contributed by atoms with E-state index in [0.29, 0.717) is 18.2 Å². The normalized spacial score (nSPS) is 11.2. The molecule has 0 aliphatic heterocycles. The molecular formula is C19H24N4OS2. The number of para-hydroxylation sites is 1. The number of thiophene rings is 1. The summed E-state index contributed by atoms with van der Waals surface area (Å²) in [7, 11) is 0. The summed E-state index contributed by atoms with van der Waals surface area (Å²) in [5.41, 5.74) is 0.917. The Morgan fingerprint density at radius 1 is 1.12 bits per heavy atom. The number of urea groups is 1. The van der Waals surface area contributed by atoms with Crippen LogP contribution in [0.25, 0.3) is 10.2 Å². The summed E-state index contributed by atoms with van der Waals surface area (Å²) in [6, 6.07) is 11.9. The predicted molar refractivity (Wildman–Crippen MR) is 111 cm³/mol. The number of fused-ring (bicyclic) bond motifs is 1. The van der Waals surface area contributed by atoms with Crippen LogP contribution in [0.15, 0.2) is 41.8 Å². The van der Waals surface area contributed by atoms with Crippen molar-refractivity contribution in [1.82, 2.24) is 14.8 Å². The Bertz CT molecular complexity index is 794. The third kappa shape index (κ3) is 4.81. The van der Waals surface area contributed by atoms with Gasteiger partial charge in [0.2, 0.25) is 0 Å². The molecule has 3 rings (SSSR count). The Hall–Kier alpha value is -1.96. The lowest BCUT2D eigenvalue weighted by Gasteiger charge is -2.26. The summed E-state index contributed by atoms with van der Waals surface area (Å²) in [4.78, 5) is 22.8. The van der Waals surface area contributed by atoms with E-state index in [9.17, 15) is 4.79 Å². The molecule has 0 bridgehead atoms. The Kier molecular flexibility index (Phi) is 6.60. The van der Waals surface area contributed by atoms with Crippen molar-refractivity contribution in [2.24, 2.45) is 0 Å². The highest BCUT2D eigenvalue weighted by molar-refractivity contribution is 7.22. The van der Waals surface area contributed by atoms with Crippen molar-refractivity contribution in [3.8, 4) is 0 Å². The van der Waals surface area contributed by atoms with Gasteiger partial charge < -0.3 is 9.80 Å². The highest BCUT2D eigenvalue weighted by Gasteiger charge is 2.17. The van der Waals surface area contributed by atoms with Crippen molar-refractivity contribution in [2.45, 2.75) is 20.4 Å². The number of amides is 2. The van der Waals surface area contributed by atoms with Crippen LogP contribution in [0.5, 0.6) is 0 Å². The van der Waals surface area contributed by atoms with Crippen LogP contribution in [0, 0.1) is 0 Å². The fourth-order valence-electron chi connectivity index (χ4n) is 2.74. The summed E-state index contributed by atoms with van der Waals surface area (Å²) in [5, 5.41) is 5.68. The van der Waals surface area contributed by atoms with Gasteiger partial charge in [-0.1, -0.05) is 43.4 Å². The lowest BCUT2D eigenvalue weighted by atomic mass is 10.3. The van der Waals surface area contributed by atoms with Crippen LogP contribution in [-0.4, -0.2) is 47.0 Å². The van der Waals surface area contributed by atoms with Crippen molar-refractivity contribution in [3.63, 3.8) is 0 Å². The van der Waals surface area contributed by atoms with Gasteiger partial charge in [-0.2, -0.15) is 0 Å². The van der Waals surface area contributed by atoms with Crippen LogP contribution in [0.2, 0.25) is 0 Å². The zero-order valence-corrected chi connectivity index (χ0v) is 16.8. The quantitative estimate of drug-likeness (QED) is 0.607. The average Bonchev–Trinajstić information content (AvgIpc) is 3.30. The number of anilines is 1. The molecule has 2 amide bonds. The number of thiazole rings is 1. The maximum absolute atomic E-state index is 12.9. The molecule has 0 radical (unpaired) electrons. The summed E-state index contributed by atoms with van der Waals surface area (Å²) in [6.45, 7) is 8.45. The zero-order chi connectivity index (χ0) is 18.4. The molecule has 0 fully saturated rings. The van der Waals surface area contributed by atoms with Crippen LogP contribution >= 0.6 is 22.7 Å². The summed E-state index contributed by atoms with van der Waals surface area (Å²) in [6.07, 6.45) is 0. The monoisotopic (exact) mass is 388 g/mol. The third-order valence-corrected chi connectivity index (χ3v) is 6.12. The molecule has 2 heterocycles. The van der Waals surface area contributed by atoms with Crippen molar-refractivity contribution >= 4 is 44.1 Å². The Morgan fingerprint density at radius 3 is 2.62 bits per heavy atom. The minimum absolute atomic E-state index is 0.0930. The van der Waals surface area contributed by atoms with E-state index in [1.165, 1.54) is 16.2 Å². The highest BCUT2D eigenvalue weighted by atomic mass is 32.1. The number of likely N-dealkylation sites (N-methyl/N-ethyl adjacent to an activating group) is 1. The summed E-state index contributed by atoms with van der Waals surface area (Å²) in [5.74, 6) is 0. The molecule has 26 heavy (non-hydrogen) atoms. The molecule has 0 unspecified atom stereocenters. The van der Waals surface area contributed by atoms with E-state index in [1.807, 2.05) is 40.6 Å². The number of hydrogen-bond donors (Lipinski definition) is 1.